The molecule has 170 valence electrons. The van der Waals surface area contributed by atoms with Crippen molar-refractivity contribution in [3.63, 3.8) is 0 Å². The van der Waals surface area contributed by atoms with Crippen LogP contribution in [-0.2, 0) is 22.5 Å². The predicted molar refractivity (Wildman–Crippen MR) is 125 cm³/mol. The zero-order valence-electron chi connectivity index (χ0n) is 18.0. The van der Waals surface area contributed by atoms with Gasteiger partial charge in [0.15, 0.2) is 0 Å². The molecule has 0 saturated carbocycles. The summed E-state index contributed by atoms with van der Waals surface area (Å²) in [6.07, 6.45) is -0.591. The van der Waals surface area contributed by atoms with E-state index in [1.165, 1.54) is 12.1 Å². The van der Waals surface area contributed by atoms with Crippen LogP contribution in [0.2, 0.25) is 5.02 Å². The first-order valence-corrected chi connectivity index (χ1v) is 10.7. The highest BCUT2D eigenvalue weighted by Crippen LogP contribution is 2.15. The molecule has 3 rings (SSSR count). The van der Waals surface area contributed by atoms with Crippen LogP contribution in [0.15, 0.2) is 72.8 Å². The molecule has 0 atom stereocenters. The monoisotopic (exact) mass is 466 g/mol. The van der Waals surface area contributed by atoms with Gasteiger partial charge < -0.3 is 20.1 Å². The van der Waals surface area contributed by atoms with Gasteiger partial charge in [-0.1, -0.05) is 35.9 Å². The van der Waals surface area contributed by atoms with Crippen molar-refractivity contribution in [2.45, 2.75) is 19.9 Å². The van der Waals surface area contributed by atoms with Gasteiger partial charge in [0.2, 0.25) is 5.91 Å². The van der Waals surface area contributed by atoms with Crippen molar-refractivity contribution in [3.05, 3.63) is 94.5 Å². The average molecular weight is 467 g/mol. The summed E-state index contributed by atoms with van der Waals surface area (Å²) in [5.74, 6) is -0.164. The van der Waals surface area contributed by atoms with Crippen molar-refractivity contribution < 1.29 is 23.9 Å². The zero-order valence-corrected chi connectivity index (χ0v) is 18.7. The van der Waals surface area contributed by atoms with Crippen LogP contribution in [0.3, 0.4) is 0 Å². The topological polar surface area (TPSA) is 93.7 Å². The van der Waals surface area contributed by atoms with Crippen molar-refractivity contribution >= 4 is 35.3 Å². The number of rotatable bonds is 8. The molecule has 0 saturated heterocycles. The highest BCUT2D eigenvalue weighted by Gasteiger charge is 2.09. The van der Waals surface area contributed by atoms with E-state index in [1.54, 1.807) is 55.5 Å². The summed E-state index contributed by atoms with van der Waals surface area (Å²) < 4.78 is 9.68. The highest BCUT2D eigenvalue weighted by atomic mass is 35.5. The molecule has 0 fully saturated rings. The normalized spacial score (nSPS) is 10.2. The van der Waals surface area contributed by atoms with Crippen molar-refractivity contribution in [2.75, 3.05) is 11.9 Å². The van der Waals surface area contributed by atoms with E-state index in [4.69, 9.17) is 21.1 Å². The van der Waals surface area contributed by atoms with Gasteiger partial charge in [-0.3, -0.25) is 9.59 Å². The first-order chi connectivity index (χ1) is 15.9. The van der Waals surface area contributed by atoms with Crippen LogP contribution in [0, 0.1) is 0 Å². The SMILES string of the molecule is CCOC(=O)Oc1ccc(C(=O)NCc2cccc(NC(=O)Cc3cccc(Cl)c3)c2)cc1. The van der Waals surface area contributed by atoms with Crippen LogP contribution in [0.25, 0.3) is 0 Å². The van der Waals surface area contributed by atoms with E-state index in [0.717, 1.165) is 11.1 Å². The van der Waals surface area contributed by atoms with E-state index in [-0.39, 0.29) is 37.1 Å². The molecule has 0 aliphatic rings. The molecular weight excluding hydrogens is 444 g/mol. The number of hydrogen-bond donors (Lipinski definition) is 2. The van der Waals surface area contributed by atoms with Crippen molar-refractivity contribution in [1.82, 2.24) is 5.32 Å². The van der Waals surface area contributed by atoms with Crippen molar-refractivity contribution in [1.29, 1.82) is 0 Å². The van der Waals surface area contributed by atoms with Crippen LogP contribution in [0.5, 0.6) is 5.75 Å². The summed E-state index contributed by atoms with van der Waals surface area (Å²) >= 11 is 5.96. The predicted octanol–water partition coefficient (Wildman–Crippen LogP) is 4.99. The average Bonchev–Trinajstić information content (AvgIpc) is 2.78. The molecular formula is C25H23ClN2O5. The number of benzene rings is 3. The van der Waals surface area contributed by atoms with Crippen LogP contribution < -0.4 is 15.4 Å². The van der Waals surface area contributed by atoms with E-state index >= 15 is 0 Å². The number of amides is 2. The van der Waals surface area contributed by atoms with Crippen LogP contribution in [0.1, 0.15) is 28.4 Å². The molecule has 0 aliphatic heterocycles. The number of hydrogen-bond acceptors (Lipinski definition) is 5. The number of carbonyl (C=O) groups is 3. The Morgan fingerprint density at radius 3 is 2.36 bits per heavy atom. The maximum absolute atomic E-state index is 12.4. The van der Waals surface area contributed by atoms with Gasteiger partial charge in [0.25, 0.3) is 5.91 Å². The number of nitrogens with one attached hydrogen (secondary N) is 2. The lowest BCUT2D eigenvalue weighted by atomic mass is 10.1. The summed E-state index contributed by atoms with van der Waals surface area (Å²) in [4.78, 5) is 36.1. The number of ether oxygens (including phenoxy) is 2. The Kier molecular flexibility index (Phi) is 8.43. The van der Waals surface area contributed by atoms with E-state index in [0.29, 0.717) is 16.3 Å². The molecule has 3 aromatic carbocycles. The van der Waals surface area contributed by atoms with Crippen molar-refractivity contribution in [3.8, 4) is 5.75 Å². The van der Waals surface area contributed by atoms with E-state index < -0.39 is 6.16 Å². The third kappa shape index (κ3) is 7.66. The highest BCUT2D eigenvalue weighted by molar-refractivity contribution is 6.30. The minimum atomic E-state index is -0.797. The van der Waals surface area contributed by atoms with Gasteiger partial charge in [-0.15, -0.1) is 0 Å². The largest absolute Gasteiger partial charge is 0.513 e. The van der Waals surface area contributed by atoms with Gasteiger partial charge in [0.1, 0.15) is 5.75 Å². The van der Waals surface area contributed by atoms with Gasteiger partial charge in [-0.2, -0.15) is 0 Å². The first-order valence-electron chi connectivity index (χ1n) is 10.3. The summed E-state index contributed by atoms with van der Waals surface area (Å²) in [7, 11) is 0. The fraction of sp³-hybridized carbons (Fsp3) is 0.160. The first kappa shape index (κ1) is 23.8. The van der Waals surface area contributed by atoms with Gasteiger partial charge in [0, 0.05) is 22.8 Å². The lowest BCUT2D eigenvalue weighted by Crippen LogP contribution is -2.23. The smallest absolute Gasteiger partial charge is 0.434 e. The molecule has 0 aromatic heterocycles. The number of carbonyl (C=O) groups excluding carboxylic acids is 3. The Balaban J connectivity index is 1.52. The van der Waals surface area contributed by atoms with Crippen molar-refractivity contribution in [2.24, 2.45) is 0 Å². The second-order valence-electron chi connectivity index (χ2n) is 7.05. The molecule has 0 heterocycles. The quantitative estimate of drug-likeness (QED) is 0.360. The number of halogens is 1. The van der Waals surface area contributed by atoms with Crippen LogP contribution in [-0.4, -0.2) is 24.6 Å². The molecule has 33 heavy (non-hydrogen) atoms. The van der Waals surface area contributed by atoms with E-state index in [9.17, 15) is 14.4 Å². The lowest BCUT2D eigenvalue weighted by Gasteiger charge is -2.10. The fourth-order valence-corrected chi connectivity index (χ4v) is 3.21. The maximum atomic E-state index is 12.4. The second kappa shape index (κ2) is 11.7. The summed E-state index contributed by atoms with van der Waals surface area (Å²) in [6.45, 7) is 2.17. The van der Waals surface area contributed by atoms with Gasteiger partial charge in [0.05, 0.1) is 13.0 Å². The molecule has 2 amide bonds. The van der Waals surface area contributed by atoms with Crippen LogP contribution in [0.4, 0.5) is 10.5 Å². The lowest BCUT2D eigenvalue weighted by molar-refractivity contribution is -0.115. The standard InChI is InChI=1S/C25H23ClN2O5/c1-2-32-25(31)33-22-11-9-19(10-12-22)24(30)27-16-18-6-4-8-21(14-18)28-23(29)15-17-5-3-7-20(26)13-17/h3-14H,2,15-16H2,1H3,(H,27,30)(H,28,29). The second-order valence-corrected chi connectivity index (χ2v) is 7.48. The molecule has 2 N–H and O–H groups in total. The minimum Gasteiger partial charge on any atom is -0.434 e. The Morgan fingerprint density at radius 1 is 0.909 bits per heavy atom. The minimum absolute atomic E-state index is 0.163. The zero-order chi connectivity index (χ0) is 23.6. The molecule has 0 bridgehead atoms. The molecule has 8 heteroatoms. The van der Waals surface area contributed by atoms with E-state index in [2.05, 4.69) is 10.6 Å². The molecule has 0 unspecified atom stereocenters. The fourth-order valence-electron chi connectivity index (χ4n) is 3.00. The molecule has 0 spiro atoms. The third-order valence-corrected chi connectivity index (χ3v) is 4.73. The Hall–Kier alpha value is -3.84. The molecule has 3 aromatic rings. The van der Waals surface area contributed by atoms with Gasteiger partial charge in [-0.25, -0.2) is 4.79 Å². The molecule has 7 nitrogen and oxygen atoms in total. The maximum Gasteiger partial charge on any atom is 0.513 e. The Bertz CT molecular complexity index is 1130. The van der Waals surface area contributed by atoms with Gasteiger partial charge in [-0.05, 0) is 66.6 Å². The van der Waals surface area contributed by atoms with Crippen LogP contribution >= 0.6 is 11.6 Å². The molecule has 0 aliphatic carbocycles. The Labute approximate surface area is 196 Å². The third-order valence-electron chi connectivity index (χ3n) is 4.50. The molecule has 0 radical (unpaired) electrons. The summed E-state index contributed by atoms with van der Waals surface area (Å²) in [5.41, 5.74) is 2.69. The van der Waals surface area contributed by atoms with E-state index in [1.807, 2.05) is 12.1 Å². The number of anilines is 1. The van der Waals surface area contributed by atoms with Gasteiger partial charge >= 0.3 is 6.16 Å². The summed E-state index contributed by atoms with van der Waals surface area (Å²) in [6, 6.07) is 20.5. The summed E-state index contributed by atoms with van der Waals surface area (Å²) in [5, 5.41) is 6.26. The Morgan fingerprint density at radius 2 is 1.64 bits per heavy atom.